The Morgan fingerprint density at radius 2 is 1.69 bits per heavy atom. The molecular weight excluding hydrogens is 208 g/mol. The van der Waals surface area contributed by atoms with Crippen LogP contribution in [0, 0.1) is 5.92 Å². The fourth-order valence-electron chi connectivity index (χ4n) is 1.17. The predicted molar refractivity (Wildman–Crippen MR) is 59.7 cm³/mol. The monoisotopic (exact) mass is 226 g/mol. The molecule has 0 aliphatic rings. The highest BCUT2D eigenvalue weighted by atomic mass is 16.5. The number of aromatic nitrogens is 2. The van der Waals surface area contributed by atoms with Crippen molar-refractivity contribution in [3.05, 3.63) is 11.9 Å². The molecule has 0 aliphatic heterocycles. The topological polar surface area (TPSA) is 64.5 Å². The molecule has 1 rings (SSSR count). The van der Waals surface area contributed by atoms with Gasteiger partial charge in [-0.25, -0.2) is 0 Å². The summed E-state index contributed by atoms with van der Waals surface area (Å²) in [7, 11) is 3.06. The smallest absolute Gasteiger partial charge is 0.220 e. The van der Waals surface area contributed by atoms with Gasteiger partial charge in [0.15, 0.2) is 0 Å². The zero-order chi connectivity index (χ0) is 12.1. The lowest BCUT2D eigenvalue weighted by Crippen LogP contribution is -2.19. The maximum atomic E-state index is 9.75. The number of ether oxygens (including phenoxy) is 2. The van der Waals surface area contributed by atoms with E-state index in [1.807, 2.05) is 13.8 Å². The van der Waals surface area contributed by atoms with Crippen molar-refractivity contribution in [3.8, 4) is 11.8 Å². The Bertz CT molecular complexity index is 320. The molecule has 1 unspecified atom stereocenters. The predicted octanol–water partition coefficient (Wildman–Crippen LogP) is 1.05. The van der Waals surface area contributed by atoms with Crippen LogP contribution < -0.4 is 9.47 Å². The van der Waals surface area contributed by atoms with Crippen molar-refractivity contribution in [2.24, 2.45) is 5.92 Å². The van der Waals surface area contributed by atoms with Gasteiger partial charge in [0.2, 0.25) is 11.8 Å². The average Bonchev–Trinajstić information content (AvgIpc) is 2.28. The van der Waals surface area contributed by atoms with Crippen molar-refractivity contribution in [2.45, 2.75) is 26.4 Å². The summed E-state index contributed by atoms with van der Waals surface area (Å²) in [5.74, 6) is 1.58. The lowest BCUT2D eigenvalue weighted by molar-refractivity contribution is 0.123. The standard InChI is InChI=1S/C11H18N2O3/c1-7(2)8(14)5-9-12-10(15-3)6-11(13-9)16-4/h6-8,14H,5H2,1-4H3. The summed E-state index contributed by atoms with van der Waals surface area (Å²) in [6.07, 6.45) is -0.0672. The fraction of sp³-hybridized carbons (Fsp3) is 0.636. The Labute approximate surface area is 95.4 Å². The van der Waals surface area contributed by atoms with E-state index in [0.717, 1.165) is 0 Å². The molecule has 0 aliphatic carbocycles. The van der Waals surface area contributed by atoms with Crippen LogP contribution in [-0.2, 0) is 6.42 Å². The number of nitrogens with zero attached hydrogens (tertiary/aromatic N) is 2. The zero-order valence-electron chi connectivity index (χ0n) is 10.1. The van der Waals surface area contributed by atoms with E-state index in [2.05, 4.69) is 9.97 Å². The highest BCUT2D eigenvalue weighted by molar-refractivity contribution is 5.21. The zero-order valence-corrected chi connectivity index (χ0v) is 10.1. The van der Waals surface area contributed by atoms with Crippen LogP contribution in [0.25, 0.3) is 0 Å². The molecule has 0 radical (unpaired) electrons. The van der Waals surface area contributed by atoms with Gasteiger partial charge in [-0.2, -0.15) is 9.97 Å². The van der Waals surface area contributed by atoms with Crippen molar-refractivity contribution in [1.82, 2.24) is 9.97 Å². The van der Waals surface area contributed by atoms with Crippen LogP contribution in [0.5, 0.6) is 11.8 Å². The fourth-order valence-corrected chi connectivity index (χ4v) is 1.17. The van der Waals surface area contributed by atoms with E-state index in [1.165, 1.54) is 14.2 Å². The molecule has 0 spiro atoms. The van der Waals surface area contributed by atoms with Crippen molar-refractivity contribution >= 4 is 0 Å². The number of rotatable bonds is 5. The number of aliphatic hydroxyl groups is 1. The van der Waals surface area contributed by atoms with Crippen molar-refractivity contribution in [2.75, 3.05) is 14.2 Å². The van der Waals surface area contributed by atoms with Gasteiger partial charge in [0.25, 0.3) is 0 Å². The number of hydrogen-bond acceptors (Lipinski definition) is 5. The molecule has 5 nitrogen and oxygen atoms in total. The van der Waals surface area contributed by atoms with Crippen LogP contribution in [0.4, 0.5) is 0 Å². The van der Waals surface area contributed by atoms with Gasteiger partial charge in [-0.05, 0) is 5.92 Å². The lowest BCUT2D eigenvalue weighted by Gasteiger charge is -2.13. The van der Waals surface area contributed by atoms with E-state index >= 15 is 0 Å². The van der Waals surface area contributed by atoms with Crippen LogP contribution in [0.1, 0.15) is 19.7 Å². The minimum atomic E-state index is -0.461. The molecule has 1 heterocycles. The summed E-state index contributed by atoms with van der Waals surface area (Å²) in [5, 5.41) is 9.75. The van der Waals surface area contributed by atoms with Crippen LogP contribution in [-0.4, -0.2) is 35.4 Å². The van der Waals surface area contributed by atoms with Gasteiger partial charge in [0.05, 0.1) is 26.4 Å². The molecule has 0 bridgehead atoms. The molecule has 5 heteroatoms. The first-order valence-corrected chi connectivity index (χ1v) is 5.20. The lowest BCUT2D eigenvalue weighted by atomic mass is 10.0. The first-order valence-electron chi connectivity index (χ1n) is 5.20. The van der Waals surface area contributed by atoms with Crippen molar-refractivity contribution in [1.29, 1.82) is 0 Å². The Balaban J connectivity index is 2.86. The maximum absolute atomic E-state index is 9.75. The summed E-state index contributed by atoms with van der Waals surface area (Å²) >= 11 is 0. The van der Waals surface area contributed by atoms with Gasteiger partial charge in [0, 0.05) is 6.42 Å². The van der Waals surface area contributed by atoms with Crippen LogP contribution in [0.2, 0.25) is 0 Å². The van der Waals surface area contributed by atoms with Gasteiger partial charge >= 0.3 is 0 Å². The molecule has 90 valence electrons. The minimum absolute atomic E-state index is 0.167. The average molecular weight is 226 g/mol. The molecule has 0 aromatic carbocycles. The third-order valence-electron chi connectivity index (χ3n) is 2.30. The Morgan fingerprint density at radius 3 is 2.06 bits per heavy atom. The van der Waals surface area contributed by atoms with E-state index in [1.54, 1.807) is 6.07 Å². The van der Waals surface area contributed by atoms with Crippen LogP contribution in [0.15, 0.2) is 6.07 Å². The molecule has 1 aromatic heterocycles. The molecule has 0 amide bonds. The summed E-state index contributed by atoms with van der Waals surface area (Å²) in [6.45, 7) is 3.89. The molecule has 0 saturated carbocycles. The summed E-state index contributed by atoms with van der Waals surface area (Å²) in [4.78, 5) is 8.30. The highest BCUT2D eigenvalue weighted by Crippen LogP contribution is 2.16. The third-order valence-corrected chi connectivity index (χ3v) is 2.30. The number of aliphatic hydroxyl groups excluding tert-OH is 1. The van der Waals surface area contributed by atoms with E-state index in [9.17, 15) is 5.11 Å². The van der Waals surface area contributed by atoms with Crippen LogP contribution >= 0.6 is 0 Å². The second-order valence-corrected chi connectivity index (χ2v) is 3.88. The Kier molecular flexibility index (Phi) is 4.49. The summed E-state index contributed by atoms with van der Waals surface area (Å²) < 4.78 is 10.1. The largest absolute Gasteiger partial charge is 0.481 e. The second-order valence-electron chi connectivity index (χ2n) is 3.88. The van der Waals surface area contributed by atoms with Gasteiger partial charge in [0.1, 0.15) is 5.82 Å². The molecule has 1 atom stereocenters. The number of hydrogen-bond donors (Lipinski definition) is 1. The summed E-state index contributed by atoms with van der Waals surface area (Å²) in [5.41, 5.74) is 0. The third kappa shape index (κ3) is 3.34. The quantitative estimate of drug-likeness (QED) is 0.813. The molecule has 0 fully saturated rings. The molecule has 1 N–H and O–H groups in total. The van der Waals surface area contributed by atoms with E-state index in [4.69, 9.17) is 9.47 Å². The molecule has 16 heavy (non-hydrogen) atoms. The Morgan fingerprint density at radius 1 is 1.19 bits per heavy atom. The van der Waals surface area contributed by atoms with Crippen molar-refractivity contribution < 1.29 is 14.6 Å². The van der Waals surface area contributed by atoms with Crippen LogP contribution in [0.3, 0.4) is 0 Å². The van der Waals surface area contributed by atoms with E-state index in [-0.39, 0.29) is 5.92 Å². The molecular formula is C11H18N2O3. The normalized spacial score (nSPS) is 12.6. The van der Waals surface area contributed by atoms with Crippen molar-refractivity contribution in [3.63, 3.8) is 0 Å². The molecule has 0 saturated heterocycles. The first kappa shape index (κ1) is 12.7. The minimum Gasteiger partial charge on any atom is -0.481 e. The highest BCUT2D eigenvalue weighted by Gasteiger charge is 2.14. The van der Waals surface area contributed by atoms with Gasteiger partial charge < -0.3 is 14.6 Å². The van der Waals surface area contributed by atoms with Gasteiger partial charge in [-0.3, -0.25) is 0 Å². The van der Waals surface area contributed by atoms with E-state index < -0.39 is 6.10 Å². The maximum Gasteiger partial charge on any atom is 0.220 e. The Hall–Kier alpha value is -1.36. The van der Waals surface area contributed by atoms with Gasteiger partial charge in [-0.1, -0.05) is 13.8 Å². The first-order chi connectivity index (χ1) is 7.56. The molecule has 1 aromatic rings. The second kappa shape index (κ2) is 5.65. The SMILES string of the molecule is COc1cc(OC)nc(CC(O)C(C)C)n1. The number of methoxy groups -OCH3 is 2. The van der Waals surface area contributed by atoms with Gasteiger partial charge in [-0.15, -0.1) is 0 Å². The summed E-state index contributed by atoms with van der Waals surface area (Å²) in [6, 6.07) is 1.60. The van der Waals surface area contributed by atoms with E-state index in [0.29, 0.717) is 24.0 Å².